The van der Waals surface area contributed by atoms with Gasteiger partial charge in [0.15, 0.2) is 5.78 Å². The quantitative estimate of drug-likeness (QED) is 0.718. The molecule has 0 spiro atoms. The largest absolute Gasteiger partial charge is 0.347 e. The fraction of sp³-hybridized carbons (Fsp3) is 0.727. The van der Waals surface area contributed by atoms with Crippen molar-refractivity contribution in [1.29, 1.82) is 0 Å². The molecule has 86 valence electrons. The summed E-state index contributed by atoms with van der Waals surface area (Å²) >= 11 is 0. The molecule has 1 N–H and O–H groups in total. The van der Waals surface area contributed by atoms with E-state index in [0.29, 0.717) is 12.8 Å². The lowest BCUT2D eigenvalue weighted by molar-refractivity contribution is -0.129. The summed E-state index contributed by atoms with van der Waals surface area (Å²) in [5, 5.41) is 2.58. The maximum Gasteiger partial charge on any atom is 0.217 e. The molecule has 15 heavy (non-hydrogen) atoms. The van der Waals surface area contributed by atoms with E-state index >= 15 is 0 Å². The van der Waals surface area contributed by atoms with Crippen LogP contribution in [0.1, 0.15) is 40.5 Å². The molecule has 0 unspecified atom stereocenters. The maximum atomic E-state index is 11.7. The average molecular weight is 213 g/mol. The third-order valence-electron chi connectivity index (χ3n) is 2.08. The van der Waals surface area contributed by atoms with E-state index in [0.717, 1.165) is 0 Å². The molecule has 0 aromatic rings. The van der Waals surface area contributed by atoms with Crippen molar-refractivity contribution in [2.45, 2.75) is 46.6 Å². The van der Waals surface area contributed by atoms with Gasteiger partial charge in [0.25, 0.3) is 0 Å². The number of nitrogens with one attached hydrogen (secondary N) is 1. The minimum Gasteiger partial charge on any atom is -0.347 e. The predicted octanol–water partition coefficient (Wildman–Crippen LogP) is 1.09. The van der Waals surface area contributed by atoms with Crippen LogP contribution in [-0.2, 0) is 14.4 Å². The van der Waals surface area contributed by atoms with E-state index in [4.69, 9.17) is 0 Å². The first-order valence-electron chi connectivity index (χ1n) is 5.14. The van der Waals surface area contributed by atoms with E-state index < -0.39 is 6.04 Å². The van der Waals surface area contributed by atoms with Gasteiger partial charge in [-0.1, -0.05) is 13.8 Å². The van der Waals surface area contributed by atoms with Gasteiger partial charge in [0, 0.05) is 19.3 Å². The number of hydrogen-bond acceptors (Lipinski definition) is 3. The Labute approximate surface area is 90.4 Å². The minimum atomic E-state index is -0.522. The van der Waals surface area contributed by atoms with Crippen molar-refractivity contribution in [2.75, 3.05) is 0 Å². The van der Waals surface area contributed by atoms with Gasteiger partial charge in [-0.15, -0.1) is 0 Å². The van der Waals surface area contributed by atoms with Crippen LogP contribution in [0.2, 0.25) is 0 Å². The normalized spacial score (nSPS) is 12.3. The van der Waals surface area contributed by atoms with Crippen LogP contribution in [-0.4, -0.2) is 23.5 Å². The van der Waals surface area contributed by atoms with Crippen LogP contribution in [0.15, 0.2) is 0 Å². The molecule has 0 saturated carbocycles. The SMILES string of the molecule is CC(=O)CC[C@H](NC(C)=O)C(=O)C(C)C. The van der Waals surface area contributed by atoms with Crippen molar-refractivity contribution in [1.82, 2.24) is 5.32 Å². The predicted molar refractivity (Wildman–Crippen MR) is 57.4 cm³/mol. The number of carbonyl (C=O) groups is 3. The minimum absolute atomic E-state index is 0.0218. The van der Waals surface area contributed by atoms with E-state index in [2.05, 4.69) is 5.32 Å². The molecule has 0 saturated heterocycles. The van der Waals surface area contributed by atoms with E-state index in [1.807, 2.05) is 0 Å². The Bertz CT molecular complexity index is 259. The zero-order chi connectivity index (χ0) is 12.0. The molecule has 0 radical (unpaired) electrons. The van der Waals surface area contributed by atoms with E-state index in [9.17, 15) is 14.4 Å². The summed E-state index contributed by atoms with van der Waals surface area (Å²) in [5.74, 6) is -0.361. The maximum absolute atomic E-state index is 11.7. The molecule has 0 fully saturated rings. The van der Waals surface area contributed by atoms with Crippen molar-refractivity contribution >= 4 is 17.5 Å². The monoisotopic (exact) mass is 213 g/mol. The van der Waals surface area contributed by atoms with Gasteiger partial charge in [0.05, 0.1) is 6.04 Å². The topological polar surface area (TPSA) is 63.2 Å². The summed E-state index contributed by atoms with van der Waals surface area (Å²) < 4.78 is 0. The second-order valence-corrected chi connectivity index (χ2v) is 4.05. The van der Waals surface area contributed by atoms with Crippen LogP contribution >= 0.6 is 0 Å². The van der Waals surface area contributed by atoms with Crippen LogP contribution in [0.25, 0.3) is 0 Å². The number of carbonyl (C=O) groups excluding carboxylic acids is 3. The second-order valence-electron chi connectivity index (χ2n) is 4.05. The van der Waals surface area contributed by atoms with Crippen LogP contribution in [0.4, 0.5) is 0 Å². The molecule has 0 bridgehead atoms. The van der Waals surface area contributed by atoms with Gasteiger partial charge in [-0.05, 0) is 13.3 Å². The van der Waals surface area contributed by atoms with Gasteiger partial charge in [-0.3, -0.25) is 9.59 Å². The molecule has 0 aliphatic heterocycles. The molecule has 1 atom stereocenters. The molecular formula is C11H19NO3. The number of Topliss-reactive ketones (excluding diaryl/α,β-unsaturated/α-hetero) is 2. The Morgan fingerprint density at radius 2 is 1.67 bits per heavy atom. The fourth-order valence-electron chi connectivity index (χ4n) is 1.28. The summed E-state index contributed by atoms with van der Waals surface area (Å²) in [6.45, 7) is 6.41. The van der Waals surface area contributed by atoms with E-state index in [1.54, 1.807) is 13.8 Å². The van der Waals surface area contributed by atoms with Crippen molar-refractivity contribution in [3.8, 4) is 0 Å². The second kappa shape index (κ2) is 6.32. The molecule has 1 amide bonds. The summed E-state index contributed by atoms with van der Waals surface area (Å²) in [6, 6.07) is -0.522. The highest BCUT2D eigenvalue weighted by atomic mass is 16.2. The summed E-state index contributed by atoms with van der Waals surface area (Å²) in [7, 11) is 0. The third kappa shape index (κ3) is 5.99. The lowest BCUT2D eigenvalue weighted by atomic mass is 9.97. The third-order valence-corrected chi connectivity index (χ3v) is 2.08. The van der Waals surface area contributed by atoms with Crippen molar-refractivity contribution < 1.29 is 14.4 Å². The summed E-state index contributed by atoms with van der Waals surface area (Å²) in [5.41, 5.74) is 0. The van der Waals surface area contributed by atoms with Crippen molar-refractivity contribution in [3.63, 3.8) is 0 Å². The Balaban J connectivity index is 4.36. The van der Waals surface area contributed by atoms with Gasteiger partial charge in [0.1, 0.15) is 5.78 Å². The Morgan fingerprint density at radius 3 is 2.00 bits per heavy atom. The van der Waals surface area contributed by atoms with Crippen molar-refractivity contribution in [2.24, 2.45) is 5.92 Å². The first-order chi connectivity index (χ1) is 6.84. The molecule has 0 heterocycles. The van der Waals surface area contributed by atoms with Crippen LogP contribution in [0.3, 0.4) is 0 Å². The van der Waals surface area contributed by atoms with Gasteiger partial charge < -0.3 is 10.1 Å². The van der Waals surface area contributed by atoms with Gasteiger partial charge in [0.2, 0.25) is 5.91 Å². The standard InChI is InChI=1S/C11H19NO3/c1-7(2)11(15)10(12-9(4)14)6-5-8(3)13/h7,10H,5-6H2,1-4H3,(H,12,14)/t10-/m0/s1. The van der Waals surface area contributed by atoms with Crippen LogP contribution in [0, 0.1) is 5.92 Å². The van der Waals surface area contributed by atoms with Crippen molar-refractivity contribution in [3.05, 3.63) is 0 Å². The van der Waals surface area contributed by atoms with Gasteiger partial charge in [-0.25, -0.2) is 0 Å². The van der Waals surface area contributed by atoms with Gasteiger partial charge >= 0.3 is 0 Å². The Kier molecular flexibility index (Phi) is 5.82. The molecule has 0 aliphatic carbocycles. The highest BCUT2D eigenvalue weighted by molar-refractivity contribution is 5.90. The molecule has 4 nitrogen and oxygen atoms in total. The average Bonchev–Trinajstić information content (AvgIpc) is 2.10. The zero-order valence-corrected chi connectivity index (χ0v) is 9.79. The Hall–Kier alpha value is -1.19. The first-order valence-corrected chi connectivity index (χ1v) is 5.14. The lowest BCUT2D eigenvalue weighted by Crippen LogP contribution is -2.41. The molecular weight excluding hydrogens is 194 g/mol. The van der Waals surface area contributed by atoms with Gasteiger partial charge in [-0.2, -0.15) is 0 Å². The molecule has 0 aromatic heterocycles. The molecule has 0 aliphatic rings. The molecule has 0 rings (SSSR count). The number of rotatable bonds is 6. The smallest absolute Gasteiger partial charge is 0.217 e. The summed E-state index contributed by atoms with van der Waals surface area (Å²) in [4.78, 5) is 33.3. The summed E-state index contributed by atoms with van der Waals surface area (Å²) in [6.07, 6.45) is 0.718. The number of ketones is 2. The van der Waals surface area contributed by atoms with Crippen LogP contribution in [0.5, 0.6) is 0 Å². The fourth-order valence-corrected chi connectivity index (χ4v) is 1.28. The number of amides is 1. The first kappa shape index (κ1) is 13.8. The molecule has 0 aromatic carbocycles. The zero-order valence-electron chi connectivity index (χ0n) is 9.79. The molecule has 4 heteroatoms. The van der Waals surface area contributed by atoms with E-state index in [1.165, 1.54) is 13.8 Å². The number of hydrogen-bond donors (Lipinski definition) is 1. The highest BCUT2D eigenvalue weighted by Gasteiger charge is 2.21. The Morgan fingerprint density at radius 1 is 1.13 bits per heavy atom. The lowest BCUT2D eigenvalue weighted by Gasteiger charge is -2.17. The van der Waals surface area contributed by atoms with E-state index in [-0.39, 0.29) is 23.4 Å². The highest BCUT2D eigenvalue weighted by Crippen LogP contribution is 2.06. The van der Waals surface area contributed by atoms with Crippen LogP contribution < -0.4 is 5.32 Å².